The summed E-state index contributed by atoms with van der Waals surface area (Å²) in [5, 5.41) is 3.24. The molecule has 6 nitrogen and oxygen atoms in total. The van der Waals surface area contributed by atoms with Crippen molar-refractivity contribution in [1.82, 2.24) is 10.2 Å². The summed E-state index contributed by atoms with van der Waals surface area (Å²) in [6, 6.07) is 15.3. The molecular formula is C24H31ClN2O4. The molecule has 2 bridgehead atoms. The van der Waals surface area contributed by atoms with Crippen LogP contribution in [-0.4, -0.2) is 50.3 Å². The van der Waals surface area contributed by atoms with Crippen LogP contribution in [0.25, 0.3) is 0 Å². The molecule has 2 saturated heterocycles. The lowest BCUT2D eigenvalue weighted by molar-refractivity contribution is 0.0825. The standard InChI is InChI=1S/C24H30N2O4.ClH/c1-28-21-12-11-20(22(29-2)23(21)30-3)24(27)25-17-13-18-9-10-19(14-17)26(18)15-16-7-5-4-6-8-16;/h4-8,11-12,17-19H,9-10,13-15H2,1-3H3,(H,25,27);1H/t17?,18-,19+;. The third kappa shape index (κ3) is 4.75. The maximum Gasteiger partial charge on any atom is 0.255 e. The first-order valence-corrected chi connectivity index (χ1v) is 10.5. The fourth-order valence-electron chi connectivity index (χ4n) is 4.99. The zero-order chi connectivity index (χ0) is 21.1. The number of carbonyl (C=O) groups excluding carboxylic acids is 1. The van der Waals surface area contributed by atoms with Gasteiger partial charge in [0.05, 0.1) is 26.9 Å². The van der Waals surface area contributed by atoms with Crippen molar-refractivity contribution < 1.29 is 19.0 Å². The Labute approximate surface area is 190 Å². The molecule has 168 valence electrons. The van der Waals surface area contributed by atoms with Gasteiger partial charge in [-0.05, 0) is 43.4 Å². The summed E-state index contributed by atoms with van der Waals surface area (Å²) in [5.74, 6) is 1.25. The number of methoxy groups -OCH3 is 3. The lowest BCUT2D eigenvalue weighted by Gasteiger charge is -2.39. The van der Waals surface area contributed by atoms with Crippen molar-refractivity contribution >= 4 is 18.3 Å². The molecule has 31 heavy (non-hydrogen) atoms. The zero-order valence-electron chi connectivity index (χ0n) is 18.3. The SMILES string of the molecule is COc1ccc(C(=O)NC2C[C@H]3CC[C@@H](C2)N3Cc2ccccc2)c(OC)c1OC.Cl. The average molecular weight is 447 g/mol. The van der Waals surface area contributed by atoms with Gasteiger partial charge in [0.25, 0.3) is 5.91 Å². The molecule has 3 atom stereocenters. The molecule has 2 aromatic carbocycles. The fourth-order valence-corrected chi connectivity index (χ4v) is 4.99. The van der Waals surface area contributed by atoms with E-state index >= 15 is 0 Å². The third-order valence-corrected chi connectivity index (χ3v) is 6.38. The molecule has 2 fully saturated rings. The highest BCUT2D eigenvalue weighted by molar-refractivity contribution is 5.98. The second-order valence-electron chi connectivity index (χ2n) is 8.07. The van der Waals surface area contributed by atoms with Crippen LogP contribution in [0.1, 0.15) is 41.6 Å². The number of piperidine rings is 1. The Balaban J connectivity index is 0.00000272. The first-order chi connectivity index (χ1) is 14.6. The number of benzene rings is 2. The summed E-state index contributed by atoms with van der Waals surface area (Å²) < 4.78 is 16.2. The van der Waals surface area contributed by atoms with Crippen molar-refractivity contribution in [3.8, 4) is 17.2 Å². The van der Waals surface area contributed by atoms with Gasteiger partial charge in [-0.2, -0.15) is 0 Å². The van der Waals surface area contributed by atoms with Gasteiger partial charge in [0.15, 0.2) is 11.5 Å². The van der Waals surface area contributed by atoms with Gasteiger partial charge in [-0.3, -0.25) is 9.69 Å². The van der Waals surface area contributed by atoms with E-state index in [1.807, 2.05) is 0 Å². The smallest absolute Gasteiger partial charge is 0.255 e. The number of rotatable bonds is 7. The molecule has 1 unspecified atom stereocenters. The quantitative estimate of drug-likeness (QED) is 0.695. The van der Waals surface area contributed by atoms with Crippen LogP contribution in [0.5, 0.6) is 17.2 Å². The van der Waals surface area contributed by atoms with E-state index in [-0.39, 0.29) is 24.4 Å². The Bertz CT molecular complexity index is 879. The molecule has 0 aliphatic carbocycles. The topological polar surface area (TPSA) is 60.0 Å². The number of ether oxygens (including phenoxy) is 3. The minimum atomic E-state index is -0.131. The van der Waals surface area contributed by atoms with Gasteiger partial charge in [0, 0.05) is 24.7 Å². The zero-order valence-corrected chi connectivity index (χ0v) is 19.1. The van der Waals surface area contributed by atoms with Crippen LogP contribution < -0.4 is 19.5 Å². The summed E-state index contributed by atoms with van der Waals surface area (Å²) in [6.07, 6.45) is 4.35. The predicted octanol–water partition coefficient (Wildman–Crippen LogP) is 4.06. The van der Waals surface area contributed by atoms with Crippen LogP contribution >= 0.6 is 12.4 Å². The van der Waals surface area contributed by atoms with E-state index in [2.05, 4.69) is 40.5 Å². The number of nitrogens with zero attached hydrogens (tertiary/aromatic N) is 1. The molecule has 1 amide bonds. The number of carbonyl (C=O) groups is 1. The number of halogens is 1. The van der Waals surface area contributed by atoms with Crippen LogP contribution in [-0.2, 0) is 6.54 Å². The first kappa shape index (κ1) is 23.2. The molecule has 4 rings (SSSR count). The monoisotopic (exact) mass is 446 g/mol. The van der Waals surface area contributed by atoms with Crippen LogP contribution in [0, 0.1) is 0 Å². The number of fused-ring (bicyclic) bond motifs is 2. The molecule has 0 saturated carbocycles. The third-order valence-electron chi connectivity index (χ3n) is 6.38. The molecular weight excluding hydrogens is 416 g/mol. The van der Waals surface area contributed by atoms with E-state index < -0.39 is 0 Å². The minimum Gasteiger partial charge on any atom is -0.493 e. The van der Waals surface area contributed by atoms with Crippen molar-refractivity contribution in [1.29, 1.82) is 0 Å². The molecule has 0 aromatic heterocycles. The molecule has 2 heterocycles. The highest BCUT2D eigenvalue weighted by Crippen LogP contribution is 2.40. The van der Waals surface area contributed by atoms with Crippen molar-refractivity contribution in [2.24, 2.45) is 0 Å². The second-order valence-corrected chi connectivity index (χ2v) is 8.07. The largest absolute Gasteiger partial charge is 0.493 e. The lowest BCUT2D eigenvalue weighted by atomic mass is 9.96. The van der Waals surface area contributed by atoms with Gasteiger partial charge in [-0.25, -0.2) is 0 Å². The molecule has 0 spiro atoms. The highest BCUT2D eigenvalue weighted by atomic mass is 35.5. The number of nitrogens with one attached hydrogen (secondary N) is 1. The average Bonchev–Trinajstić information content (AvgIpc) is 3.00. The maximum atomic E-state index is 13.1. The van der Waals surface area contributed by atoms with E-state index in [9.17, 15) is 4.79 Å². The molecule has 1 N–H and O–H groups in total. The molecule has 0 radical (unpaired) electrons. The lowest BCUT2D eigenvalue weighted by Crippen LogP contribution is -2.50. The Morgan fingerprint density at radius 1 is 0.935 bits per heavy atom. The molecule has 2 aromatic rings. The Morgan fingerprint density at radius 3 is 2.16 bits per heavy atom. The molecule has 2 aliphatic rings. The first-order valence-electron chi connectivity index (χ1n) is 10.5. The van der Waals surface area contributed by atoms with E-state index in [0.29, 0.717) is 34.9 Å². The van der Waals surface area contributed by atoms with E-state index in [1.165, 1.54) is 25.5 Å². The van der Waals surface area contributed by atoms with Crippen molar-refractivity contribution in [3.05, 3.63) is 53.6 Å². The van der Waals surface area contributed by atoms with Crippen molar-refractivity contribution in [2.75, 3.05) is 21.3 Å². The Hall–Kier alpha value is -2.44. The van der Waals surface area contributed by atoms with Crippen LogP contribution in [0.15, 0.2) is 42.5 Å². The Kier molecular flexibility index (Phi) is 7.68. The Morgan fingerprint density at radius 2 is 1.58 bits per heavy atom. The van der Waals surface area contributed by atoms with Crippen molar-refractivity contribution in [3.63, 3.8) is 0 Å². The number of hydrogen-bond donors (Lipinski definition) is 1. The summed E-state index contributed by atoms with van der Waals surface area (Å²) >= 11 is 0. The summed E-state index contributed by atoms with van der Waals surface area (Å²) in [6.45, 7) is 0.986. The predicted molar refractivity (Wildman–Crippen MR) is 123 cm³/mol. The molecule has 2 aliphatic heterocycles. The van der Waals surface area contributed by atoms with Crippen LogP contribution in [0.3, 0.4) is 0 Å². The van der Waals surface area contributed by atoms with Gasteiger partial charge >= 0.3 is 0 Å². The summed E-state index contributed by atoms with van der Waals surface area (Å²) in [5.41, 5.74) is 1.82. The maximum absolute atomic E-state index is 13.1. The van der Waals surface area contributed by atoms with Gasteiger partial charge in [-0.15, -0.1) is 12.4 Å². The van der Waals surface area contributed by atoms with E-state index in [0.717, 1.165) is 19.4 Å². The fraction of sp³-hybridized carbons (Fsp3) is 0.458. The van der Waals surface area contributed by atoms with E-state index in [1.54, 1.807) is 26.4 Å². The van der Waals surface area contributed by atoms with Crippen LogP contribution in [0.2, 0.25) is 0 Å². The van der Waals surface area contributed by atoms with Gasteiger partial charge in [-0.1, -0.05) is 30.3 Å². The highest BCUT2D eigenvalue weighted by Gasteiger charge is 2.41. The minimum absolute atomic E-state index is 0. The van der Waals surface area contributed by atoms with E-state index in [4.69, 9.17) is 14.2 Å². The summed E-state index contributed by atoms with van der Waals surface area (Å²) in [4.78, 5) is 15.7. The summed E-state index contributed by atoms with van der Waals surface area (Å²) in [7, 11) is 4.65. The van der Waals surface area contributed by atoms with Gasteiger partial charge in [0.2, 0.25) is 5.75 Å². The van der Waals surface area contributed by atoms with Crippen LogP contribution in [0.4, 0.5) is 0 Å². The molecule has 7 heteroatoms. The van der Waals surface area contributed by atoms with Gasteiger partial charge in [0.1, 0.15) is 0 Å². The normalized spacial score (nSPS) is 22.4. The number of amides is 1. The second kappa shape index (κ2) is 10.2. The van der Waals surface area contributed by atoms with Gasteiger partial charge < -0.3 is 19.5 Å². The number of hydrogen-bond acceptors (Lipinski definition) is 5. The van der Waals surface area contributed by atoms with Crippen molar-refractivity contribution in [2.45, 2.75) is 50.4 Å².